The van der Waals surface area contributed by atoms with E-state index in [9.17, 15) is 13.2 Å². The highest BCUT2D eigenvalue weighted by Gasteiger charge is 2.30. The number of hydrogen-bond acceptors (Lipinski definition) is 2. The SMILES string of the molecule is COc1ccccc1[C@H](CNC(=S)Nc1cccc(C(F)(F)F)c1)[NH+](C)C. The lowest BCUT2D eigenvalue weighted by Gasteiger charge is -2.24. The lowest BCUT2D eigenvalue weighted by molar-refractivity contribution is -0.890. The molecule has 27 heavy (non-hydrogen) atoms. The molecule has 2 rings (SSSR count). The van der Waals surface area contributed by atoms with E-state index in [-0.39, 0.29) is 16.8 Å². The Hall–Kier alpha value is -2.32. The molecule has 0 aliphatic rings. The van der Waals surface area contributed by atoms with Crippen LogP contribution in [0.5, 0.6) is 5.75 Å². The Balaban J connectivity index is 2.05. The summed E-state index contributed by atoms with van der Waals surface area (Å²) in [6.07, 6.45) is -4.39. The van der Waals surface area contributed by atoms with Gasteiger partial charge < -0.3 is 20.3 Å². The standard InChI is InChI=1S/C19H22F3N3OS/c1-25(2)16(15-9-4-5-10-17(15)26-3)12-23-18(27)24-14-8-6-7-13(11-14)19(20,21)22/h4-11,16H,12H2,1-3H3,(H2,23,24,27)/p+1/t16-/m0/s1. The van der Waals surface area contributed by atoms with Crippen molar-refractivity contribution in [2.75, 3.05) is 33.1 Å². The van der Waals surface area contributed by atoms with Gasteiger partial charge in [-0.3, -0.25) is 0 Å². The van der Waals surface area contributed by atoms with E-state index < -0.39 is 11.7 Å². The minimum atomic E-state index is -4.39. The lowest BCUT2D eigenvalue weighted by atomic mass is 10.0. The van der Waals surface area contributed by atoms with Crippen LogP contribution in [0, 0.1) is 0 Å². The summed E-state index contributed by atoms with van der Waals surface area (Å²) in [7, 11) is 5.65. The smallest absolute Gasteiger partial charge is 0.416 e. The number of benzene rings is 2. The van der Waals surface area contributed by atoms with Crippen LogP contribution >= 0.6 is 12.2 Å². The van der Waals surface area contributed by atoms with Gasteiger partial charge in [-0.2, -0.15) is 13.2 Å². The molecule has 0 aromatic heterocycles. The summed E-state index contributed by atoms with van der Waals surface area (Å²) in [5, 5.41) is 6.15. The van der Waals surface area contributed by atoms with Crippen molar-refractivity contribution in [2.45, 2.75) is 12.2 Å². The minimum absolute atomic E-state index is 0.0439. The van der Waals surface area contributed by atoms with Crippen molar-refractivity contribution >= 4 is 23.0 Å². The Labute approximate surface area is 162 Å². The molecule has 0 radical (unpaired) electrons. The molecule has 0 bridgehead atoms. The van der Waals surface area contributed by atoms with Crippen molar-refractivity contribution in [1.29, 1.82) is 0 Å². The Morgan fingerprint density at radius 3 is 2.48 bits per heavy atom. The van der Waals surface area contributed by atoms with Crippen LogP contribution in [0.15, 0.2) is 48.5 Å². The molecule has 0 amide bonds. The summed E-state index contributed by atoms with van der Waals surface area (Å²) in [5.41, 5.74) is 0.586. The number of nitrogens with one attached hydrogen (secondary N) is 3. The molecule has 0 spiro atoms. The first-order valence-electron chi connectivity index (χ1n) is 8.37. The number of alkyl halides is 3. The van der Waals surface area contributed by atoms with Crippen molar-refractivity contribution in [1.82, 2.24) is 5.32 Å². The second-order valence-corrected chi connectivity index (χ2v) is 6.69. The Bertz CT molecular complexity index is 781. The van der Waals surface area contributed by atoms with E-state index in [0.717, 1.165) is 28.3 Å². The first-order chi connectivity index (χ1) is 12.7. The van der Waals surface area contributed by atoms with E-state index in [1.165, 1.54) is 12.1 Å². The zero-order valence-corrected chi connectivity index (χ0v) is 16.2. The van der Waals surface area contributed by atoms with Gasteiger partial charge in [0, 0.05) is 5.69 Å². The van der Waals surface area contributed by atoms with Crippen LogP contribution in [0.4, 0.5) is 18.9 Å². The summed E-state index contributed by atoms with van der Waals surface area (Å²) < 4.78 is 43.9. The highest BCUT2D eigenvalue weighted by atomic mass is 32.1. The molecule has 146 valence electrons. The molecule has 0 fully saturated rings. The minimum Gasteiger partial charge on any atom is -0.496 e. The number of hydrogen-bond donors (Lipinski definition) is 3. The molecule has 0 aliphatic carbocycles. The Kier molecular flexibility index (Phi) is 7.04. The molecule has 0 saturated carbocycles. The molecule has 0 heterocycles. The summed E-state index contributed by atoms with van der Waals surface area (Å²) in [4.78, 5) is 1.16. The molecule has 0 unspecified atom stereocenters. The zero-order chi connectivity index (χ0) is 20.0. The number of halogens is 3. The molecule has 2 aromatic carbocycles. The van der Waals surface area contributed by atoms with E-state index in [1.54, 1.807) is 7.11 Å². The van der Waals surface area contributed by atoms with Gasteiger partial charge in [-0.25, -0.2) is 0 Å². The van der Waals surface area contributed by atoms with Crippen molar-refractivity contribution in [3.8, 4) is 5.75 Å². The van der Waals surface area contributed by atoms with Crippen molar-refractivity contribution < 1.29 is 22.8 Å². The molecular formula is C19H23F3N3OS+. The predicted octanol–water partition coefficient (Wildman–Crippen LogP) is 2.89. The fourth-order valence-electron chi connectivity index (χ4n) is 2.72. The van der Waals surface area contributed by atoms with Gasteiger partial charge in [-0.1, -0.05) is 18.2 Å². The molecule has 3 N–H and O–H groups in total. The first kappa shape index (κ1) is 21.0. The number of para-hydroxylation sites is 1. The predicted molar refractivity (Wildman–Crippen MR) is 104 cm³/mol. The fraction of sp³-hybridized carbons (Fsp3) is 0.316. The quantitative estimate of drug-likeness (QED) is 0.655. The van der Waals surface area contributed by atoms with E-state index in [2.05, 4.69) is 10.6 Å². The number of ether oxygens (including phenoxy) is 1. The maximum atomic E-state index is 12.8. The molecular weight excluding hydrogens is 375 g/mol. The lowest BCUT2D eigenvalue weighted by Crippen LogP contribution is -3.07. The van der Waals surface area contributed by atoms with E-state index >= 15 is 0 Å². The van der Waals surface area contributed by atoms with Gasteiger partial charge in [0.1, 0.15) is 11.8 Å². The summed E-state index contributed by atoms with van der Waals surface area (Å²) in [5.74, 6) is 0.780. The van der Waals surface area contributed by atoms with Gasteiger partial charge in [-0.15, -0.1) is 0 Å². The van der Waals surface area contributed by atoms with Crippen LogP contribution in [0.2, 0.25) is 0 Å². The van der Waals surface area contributed by atoms with Gasteiger partial charge in [0.25, 0.3) is 0 Å². The van der Waals surface area contributed by atoms with E-state index in [1.807, 2.05) is 38.4 Å². The van der Waals surface area contributed by atoms with Gasteiger partial charge in [0.15, 0.2) is 5.11 Å². The second kappa shape index (κ2) is 9.05. The second-order valence-electron chi connectivity index (χ2n) is 6.29. The monoisotopic (exact) mass is 398 g/mol. The molecule has 1 atom stereocenters. The van der Waals surface area contributed by atoms with Crippen LogP contribution in [0.25, 0.3) is 0 Å². The number of methoxy groups -OCH3 is 1. The molecule has 0 aliphatic heterocycles. The van der Waals surface area contributed by atoms with Crippen LogP contribution in [-0.4, -0.2) is 32.9 Å². The summed E-state index contributed by atoms with van der Waals surface area (Å²) in [6, 6.07) is 12.7. The summed E-state index contributed by atoms with van der Waals surface area (Å²) in [6.45, 7) is 0.494. The molecule has 4 nitrogen and oxygen atoms in total. The third kappa shape index (κ3) is 5.83. The maximum Gasteiger partial charge on any atom is 0.416 e. The molecule has 0 saturated heterocycles. The highest BCUT2D eigenvalue weighted by molar-refractivity contribution is 7.80. The third-order valence-electron chi connectivity index (χ3n) is 4.13. The van der Waals surface area contributed by atoms with Crippen LogP contribution in [0.3, 0.4) is 0 Å². The van der Waals surface area contributed by atoms with Crippen molar-refractivity contribution in [2.24, 2.45) is 0 Å². The average Bonchev–Trinajstić information content (AvgIpc) is 2.61. The topological polar surface area (TPSA) is 37.7 Å². The third-order valence-corrected chi connectivity index (χ3v) is 4.37. The van der Waals surface area contributed by atoms with E-state index in [4.69, 9.17) is 17.0 Å². The van der Waals surface area contributed by atoms with Gasteiger partial charge in [-0.05, 0) is 42.5 Å². The Morgan fingerprint density at radius 1 is 1.15 bits per heavy atom. The van der Waals surface area contributed by atoms with Gasteiger partial charge in [0.05, 0.1) is 38.9 Å². The summed E-state index contributed by atoms with van der Waals surface area (Å²) >= 11 is 5.24. The van der Waals surface area contributed by atoms with Crippen molar-refractivity contribution in [3.05, 3.63) is 59.7 Å². The first-order valence-corrected chi connectivity index (χ1v) is 8.78. The Morgan fingerprint density at radius 2 is 1.85 bits per heavy atom. The van der Waals surface area contributed by atoms with Gasteiger partial charge in [0.2, 0.25) is 0 Å². The zero-order valence-electron chi connectivity index (χ0n) is 15.4. The van der Waals surface area contributed by atoms with Crippen molar-refractivity contribution in [3.63, 3.8) is 0 Å². The fourth-order valence-corrected chi connectivity index (χ4v) is 2.92. The number of anilines is 1. The molecule has 2 aromatic rings. The average molecular weight is 398 g/mol. The molecule has 8 heteroatoms. The number of likely N-dealkylation sites (N-methyl/N-ethyl adjacent to an activating group) is 1. The number of thiocarbonyl (C=S) groups is 1. The van der Waals surface area contributed by atoms with E-state index in [0.29, 0.717) is 6.54 Å². The number of quaternary nitrogens is 1. The van der Waals surface area contributed by atoms with Crippen LogP contribution in [-0.2, 0) is 6.18 Å². The van der Waals surface area contributed by atoms with Crippen LogP contribution in [0.1, 0.15) is 17.2 Å². The van der Waals surface area contributed by atoms with Gasteiger partial charge >= 0.3 is 6.18 Å². The maximum absolute atomic E-state index is 12.8. The number of rotatable bonds is 6. The normalized spacial score (nSPS) is 12.6. The highest BCUT2D eigenvalue weighted by Crippen LogP contribution is 2.30. The largest absolute Gasteiger partial charge is 0.496 e. The van der Waals surface area contributed by atoms with Crippen LogP contribution < -0.4 is 20.3 Å².